The number of rotatable bonds is 6. The molecule has 0 spiro atoms. The average Bonchev–Trinajstić information content (AvgIpc) is 2.99. The van der Waals surface area contributed by atoms with E-state index < -0.39 is 10.1 Å². The van der Waals surface area contributed by atoms with Crippen molar-refractivity contribution in [3.8, 4) is 22.8 Å². The first-order chi connectivity index (χ1) is 12.7. The number of aryl methyl sites for hydroxylation is 4. The van der Waals surface area contributed by atoms with E-state index in [1.54, 1.807) is 0 Å². The molecule has 0 bridgehead atoms. The van der Waals surface area contributed by atoms with Gasteiger partial charge in [0.2, 0.25) is 5.89 Å². The smallest absolute Gasteiger partial charge is 0.265 e. The third kappa shape index (κ3) is 4.81. The molecule has 1 aromatic carbocycles. The van der Waals surface area contributed by atoms with Crippen molar-refractivity contribution in [1.82, 2.24) is 4.98 Å². The predicted molar refractivity (Wildman–Crippen MR) is 103 cm³/mol. The number of hydrogen-bond donors (Lipinski definition) is 1. The number of pyridine rings is 1. The number of benzene rings is 1. The molecule has 0 amide bonds. The monoisotopic (exact) mass is 387 g/mol. The Hall–Kier alpha value is -2.51. The highest BCUT2D eigenvalue weighted by Gasteiger charge is 2.15. The minimum atomic E-state index is -3.92. The number of hydrogen-bond acceptors (Lipinski definition) is 4. The molecule has 27 heavy (non-hydrogen) atoms. The van der Waals surface area contributed by atoms with Crippen LogP contribution in [0.15, 0.2) is 47.1 Å². The molecular weight excluding hydrogens is 364 g/mol. The van der Waals surface area contributed by atoms with E-state index in [0.717, 1.165) is 22.6 Å². The lowest BCUT2D eigenvalue weighted by molar-refractivity contribution is -0.696. The van der Waals surface area contributed by atoms with E-state index in [1.165, 1.54) is 11.1 Å². The van der Waals surface area contributed by atoms with Gasteiger partial charge in [-0.3, -0.25) is 4.55 Å². The maximum atomic E-state index is 10.8. The van der Waals surface area contributed by atoms with Crippen LogP contribution < -0.4 is 4.57 Å². The van der Waals surface area contributed by atoms with Crippen LogP contribution >= 0.6 is 0 Å². The van der Waals surface area contributed by atoms with E-state index in [9.17, 15) is 8.42 Å². The first kappa shape index (κ1) is 19.3. The summed E-state index contributed by atoms with van der Waals surface area (Å²) in [5.74, 6) is 1.06. The Balaban J connectivity index is 1.78. The van der Waals surface area contributed by atoms with E-state index >= 15 is 0 Å². The summed E-state index contributed by atoms with van der Waals surface area (Å²) in [7, 11) is -3.92. The SMILES string of the molecule is Cc1ccc(-c2oc(-c3cc[n+](CCCS(=O)(=O)O)cc3)nc2C)cc1C. The normalized spacial score (nSPS) is 11.7. The molecular formula is C20H23N2O4S+. The molecule has 0 aliphatic rings. The molecule has 0 aliphatic carbocycles. The zero-order chi connectivity index (χ0) is 19.6. The lowest BCUT2D eigenvalue weighted by Crippen LogP contribution is -2.33. The second-order valence-electron chi connectivity index (χ2n) is 6.70. The summed E-state index contributed by atoms with van der Waals surface area (Å²) in [6.07, 6.45) is 4.03. The van der Waals surface area contributed by atoms with Gasteiger partial charge in [0.15, 0.2) is 18.2 Å². The van der Waals surface area contributed by atoms with Crippen molar-refractivity contribution in [3.63, 3.8) is 0 Å². The molecule has 0 fully saturated rings. The predicted octanol–water partition coefficient (Wildman–Crippen LogP) is 3.50. The fourth-order valence-electron chi connectivity index (χ4n) is 2.85. The van der Waals surface area contributed by atoms with Crippen LogP contribution in [0.5, 0.6) is 0 Å². The third-order valence-electron chi connectivity index (χ3n) is 4.52. The van der Waals surface area contributed by atoms with Crippen molar-refractivity contribution in [2.45, 2.75) is 33.7 Å². The molecule has 0 aliphatic heterocycles. The van der Waals surface area contributed by atoms with Gasteiger partial charge in [-0.2, -0.15) is 8.42 Å². The molecule has 0 radical (unpaired) electrons. The van der Waals surface area contributed by atoms with E-state index in [-0.39, 0.29) is 5.75 Å². The van der Waals surface area contributed by atoms with Gasteiger partial charge in [0, 0.05) is 29.7 Å². The molecule has 3 aromatic rings. The second-order valence-corrected chi connectivity index (χ2v) is 8.27. The summed E-state index contributed by atoms with van der Waals surface area (Å²) in [5.41, 5.74) is 5.12. The molecule has 7 heteroatoms. The molecule has 0 saturated carbocycles. The quantitative estimate of drug-likeness (QED) is 0.517. The number of nitrogens with zero attached hydrogens (tertiary/aromatic N) is 2. The van der Waals surface area contributed by atoms with Crippen LogP contribution in [0.4, 0.5) is 0 Å². The Morgan fingerprint density at radius 1 is 1.04 bits per heavy atom. The Kier molecular flexibility index (Phi) is 5.43. The van der Waals surface area contributed by atoms with E-state index in [4.69, 9.17) is 8.97 Å². The van der Waals surface area contributed by atoms with E-state index in [1.807, 2.05) is 42.1 Å². The maximum absolute atomic E-state index is 10.8. The first-order valence-corrected chi connectivity index (χ1v) is 10.3. The lowest BCUT2D eigenvalue weighted by Gasteiger charge is -2.03. The van der Waals surface area contributed by atoms with E-state index in [0.29, 0.717) is 18.9 Å². The molecule has 2 aromatic heterocycles. The van der Waals surface area contributed by atoms with Gasteiger partial charge in [-0.05, 0) is 38.0 Å². The molecule has 1 N–H and O–H groups in total. The standard InChI is InChI=1S/C20H22N2O4S/c1-14-5-6-18(13-15(14)2)19-16(3)21-20(26-19)17-7-10-22(11-8-17)9-4-12-27(23,24)25/h5-8,10-11,13H,4,9,12H2,1-3H3/p+1. The summed E-state index contributed by atoms with van der Waals surface area (Å²) in [6.45, 7) is 6.57. The van der Waals surface area contributed by atoms with Gasteiger partial charge in [0.25, 0.3) is 10.1 Å². The largest absolute Gasteiger partial charge is 0.436 e. The molecule has 3 rings (SSSR count). The van der Waals surface area contributed by atoms with Gasteiger partial charge >= 0.3 is 0 Å². The molecule has 2 heterocycles. The highest BCUT2D eigenvalue weighted by Crippen LogP contribution is 2.30. The van der Waals surface area contributed by atoms with Crippen LogP contribution in [0.1, 0.15) is 23.2 Å². The van der Waals surface area contributed by atoms with Crippen LogP contribution in [0.2, 0.25) is 0 Å². The fourth-order valence-corrected chi connectivity index (χ4v) is 3.34. The minimum absolute atomic E-state index is 0.250. The average molecular weight is 387 g/mol. The Bertz CT molecular complexity index is 1050. The third-order valence-corrected chi connectivity index (χ3v) is 5.33. The van der Waals surface area contributed by atoms with Crippen LogP contribution in [0.3, 0.4) is 0 Å². The van der Waals surface area contributed by atoms with Crippen LogP contribution in [-0.2, 0) is 16.7 Å². The summed E-state index contributed by atoms with van der Waals surface area (Å²) < 4.78 is 38.2. The number of aromatic nitrogens is 2. The summed E-state index contributed by atoms with van der Waals surface area (Å²) in [4.78, 5) is 4.55. The van der Waals surface area contributed by atoms with Gasteiger partial charge in [-0.15, -0.1) is 0 Å². The topological polar surface area (TPSA) is 84.3 Å². The second kappa shape index (κ2) is 7.62. The van der Waals surface area contributed by atoms with Gasteiger partial charge in [0.1, 0.15) is 6.54 Å². The summed E-state index contributed by atoms with van der Waals surface area (Å²) >= 11 is 0. The van der Waals surface area contributed by atoms with Crippen molar-refractivity contribution in [1.29, 1.82) is 0 Å². The van der Waals surface area contributed by atoms with Crippen LogP contribution in [0.25, 0.3) is 22.8 Å². The van der Waals surface area contributed by atoms with Crippen LogP contribution in [-0.4, -0.2) is 23.7 Å². The number of oxazole rings is 1. The molecule has 6 nitrogen and oxygen atoms in total. The molecule has 0 unspecified atom stereocenters. The van der Waals surface area contributed by atoms with Crippen molar-refractivity contribution in [3.05, 3.63) is 59.5 Å². The molecule has 0 atom stereocenters. The zero-order valence-electron chi connectivity index (χ0n) is 15.6. The lowest BCUT2D eigenvalue weighted by atomic mass is 10.0. The Labute approximate surface area is 159 Å². The summed E-state index contributed by atoms with van der Waals surface area (Å²) in [5, 5.41) is 0. The minimum Gasteiger partial charge on any atom is -0.436 e. The highest BCUT2D eigenvalue weighted by atomic mass is 32.2. The molecule has 0 saturated heterocycles. The fraction of sp³-hybridized carbons (Fsp3) is 0.300. The Morgan fingerprint density at radius 2 is 1.74 bits per heavy atom. The highest BCUT2D eigenvalue weighted by molar-refractivity contribution is 7.85. The Morgan fingerprint density at radius 3 is 2.37 bits per heavy atom. The first-order valence-electron chi connectivity index (χ1n) is 8.72. The van der Waals surface area contributed by atoms with Crippen molar-refractivity contribution in [2.24, 2.45) is 0 Å². The van der Waals surface area contributed by atoms with E-state index in [2.05, 4.69) is 31.0 Å². The molecule has 142 valence electrons. The van der Waals surface area contributed by atoms with Gasteiger partial charge in [-0.1, -0.05) is 12.1 Å². The zero-order valence-corrected chi connectivity index (χ0v) is 16.5. The summed E-state index contributed by atoms with van der Waals surface area (Å²) in [6, 6.07) is 9.96. The van der Waals surface area contributed by atoms with Gasteiger partial charge in [0.05, 0.1) is 11.4 Å². The van der Waals surface area contributed by atoms with Crippen molar-refractivity contribution < 1.29 is 22.0 Å². The van der Waals surface area contributed by atoms with Crippen LogP contribution in [0, 0.1) is 20.8 Å². The van der Waals surface area contributed by atoms with Gasteiger partial charge in [-0.25, -0.2) is 9.55 Å². The van der Waals surface area contributed by atoms with Crippen molar-refractivity contribution >= 4 is 10.1 Å². The van der Waals surface area contributed by atoms with Crippen molar-refractivity contribution in [2.75, 3.05) is 5.75 Å². The maximum Gasteiger partial charge on any atom is 0.265 e. The van der Waals surface area contributed by atoms with Gasteiger partial charge < -0.3 is 4.42 Å².